The molecular formula is C16H24BrNO5. The van der Waals surface area contributed by atoms with Gasteiger partial charge in [-0.1, -0.05) is 22.0 Å². The highest BCUT2D eigenvalue weighted by Gasteiger charge is 2.22. The Morgan fingerprint density at radius 2 is 2.00 bits per heavy atom. The van der Waals surface area contributed by atoms with Crippen LogP contribution in [-0.2, 0) is 4.74 Å². The minimum atomic E-state index is -1.11. The molecule has 7 heteroatoms. The summed E-state index contributed by atoms with van der Waals surface area (Å²) in [5.74, 6) is 0.478. The fourth-order valence-electron chi connectivity index (χ4n) is 1.93. The average Bonchev–Trinajstić information content (AvgIpc) is 2.44. The molecule has 23 heavy (non-hydrogen) atoms. The van der Waals surface area contributed by atoms with Crippen LogP contribution in [0.1, 0.15) is 38.9 Å². The maximum absolute atomic E-state index is 11.5. The van der Waals surface area contributed by atoms with Gasteiger partial charge in [-0.25, -0.2) is 4.79 Å². The lowest BCUT2D eigenvalue weighted by Crippen LogP contribution is -2.34. The van der Waals surface area contributed by atoms with Gasteiger partial charge in [0.15, 0.2) is 0 Å². The monoisotopic (exact) mass is 389 g/mol. The van der Waals surface area contributed by atoms with Crippen molar-refractivity contribution in [2.45, 2.75) is 45.0 Å². The number of ether oxygens (including phenoxy) is 2. The molecular weight excluding hydrogens is 366 g/mol. The van der Waals surface area contributed by atoms with E-state index in [0.29, 0.717) is 11.3 Å². The molecule has 0 saturated heterocycles. The molecule has 0 spiro atoms. The summed E-state index contributed by atoms with van der Waals surface area (Å²) in [4.78, 5) is 11.5. The van der Waals surface area contributed by atoms with Gasteiger partial charge in [-0.15, -0.1) is 0 Å². The number of hydrogen-bond acceptors (Lipinski definition) is 5. The van der Waals surface area contributed by atoms with E-state index in [0.717, 1.165) is 4.47 Å². The Bertz CT molecular complexity index is 530. The van der Waals surface area contributed by atoms with Crippen molar-refractivity contribution in [3.05, 3.63) is 28.2 Å². The lowest BCUT2D eigenvalue weighted by molar-refractivity contribution is 0.0110. The standard InChI is InChI=1S/C16H24BrNO5/c1-16(2,3)23-15(21)18-8-7-12(19)14(20)11-6-5-10(17)9-13(11)22-4/h5-6,9,12,14,19-20H,7-8H2,1-4H3,(H,18,21). The molecule has 130 valence electrons. The third-order valence-electron chi connectivity index (χ3n) is 2.99. The fraction of sp³-hybridized carbons (Fsp3) is 0.562. The zero-order valence-corrected chi connectivity index (χ0v) is 15.4. The Hall–Kier alpha value is -1.31. The highest BCUT2D eigenvalue weighted by atomic mass is 79.9. The van der Waals surface area contributed by atoms with Crippen molar-refractivity contribution >= 4 is 22.0 Å². The third kappa shape index (κ3) is 6.76. The summed E-state index contributed by atoms with van der Waals surface area (Å²) in [5, 5.41) is 22.9. The van der Waals surface area contributed by atoms with Crippen molar-refractivity contribution in [3.63, 3.8) is 0 Å². The molecule has 0 aromatic heterocycles. The number of carbonyl (C=O) groups is 1. The number of halogens is 1. The summed E-state index contributed by atoms with van der Waals surface area (Å²) in [6.45, 7) is 5.49. The number of alkyl carbamates (subject to hydrolysis) is 1. The molecule has 3 N–H and O–H groups in total. The second kappa shape index (κ2) is 8.52. The first-order chi connectivity index (χ1) is 10.6. The van der Waals surface area contributed by atoms with Gasteiger partial charge in [0.2, 0.25) is 0 Å². The number of benzene rings is 1. The Labute approximate surface area is 144 Å². The van der Waals surface area contributed by atoms with E-state index in [4.69, 9.17) is 9.47 Å². The number of methoxy groups -OCH3 is 1. The molecule has 1 rings (SSSR count). The van der Waals surface area contributed by atoms with Gasteiger partial charge in [-0.2, -0.15) is 0 Å². The van der Waals surface area contributed by atoms with Gasteiger partial charge in [0.1, 0.15) is 17.5 Å². The Balaban J connectivity index is 2.55. The maximum Gasteiger partial charge on any atom is 0.407 e. The van der Waals surface area contributed by atoms with Crippen LogP contribution in [0.4, 0.5) is 4.79 Å². The third-order valence-corrected chi connectivity index (χ3v) is 3.48. The highest BCUT2D eigenvalue weighted by Crippen LogP contribution is 2.30. The lowest BCUT2D eigenvalue weighted by Gasteiger charge is -2.22. The first-order valence-electron chi connectivity index (χ1n) is 7.30. The van der Waals surface area contributed by atoms with Crippen LogP contribution in [0.25, 0.3) is 0 Å². The van der Waals surface area contributed by atoms with Gasteiger partial charge in [0.25, 0.3) is 0 Å². The van der Waals surface area contributed by atoms with Crippen molar-refractivity contribution in [2.75, 3.05) is 13.7 Å². The smallest absolute Gasteiger partial charge is 0.407 e. The predicted octanol–water partition coefficient (Wildman–Crippen LogP) is 2.77. The molecule has 1 amide bonds. The van der Waals surface area contributed by atoms with Gasteiger partial charge >= 0.3 is 6.09 Å². The van der Waals surface area contributed by atoms with Gasteiger partial charge in [-0.05, 0) is 39.3 Å². The summed E-state index contributed by atoms with van der Waals surface area (Å²) in [5.41, 5.74) is -0.0898. The molecule has 2 unspecified atom stereocenters. The Morgan fingerprint density at radius 1 is 1.35 bits per heavy atom. The minimum absolute atomic E-state index is 0.180. The van der Waals surface area contributed by atoms with E-state index in [1.807, 2.05) is 0 Å². The van der Waals surface area contributed by atoms with Gasteiger partial charge in [0.05, 0.1) is 13.2 Å². The van der Waals surface area contributed by atoms with Gasteiger partial charge in [-0.3, -0.25) is 0 Å². The molecule has 0 aliphatic rings. The second-order valence-electron chi connectivity index (χ2n) is 6.12. The molecule has 0 aliphatic heterocycles. The van der Waals surface area contributed by atoms with Crippen LogP contribution < -0.4 is 10.1 Å². The zero-order chi connectivity index (χ0) is 17.6. The van der Waals surface area contributed by atoms with E-state index in [1.54, 1.807) is 39.0 Å². The fourth-order valence-corrected chi connectivity index (χ4v) is 2.27. The number of rotatable bonds is 6. The largest absolute Gasteiger partial charge is 0.496 e. The molecule has 2 atom stereocenters. The van der Waals surface area contributed by atoms with Crippen LogP contribution in [0, 0.1) is 0 Å². The number of nitrogens with one attached hydrogen (secondary N) is 1. The number of carbonyl (C=O) groups excluding carboxylic acids is 1. The Kier molecular flexibility index (Phi) is 7.31. The SMILES string of the molecule is COc1cc(Br)ccc1C(O)C(O)CCNC(=O)OC(C)(C)C. The van der Waals surface area contributed by atoms with Crippen molar-refractivity contribution in [3.8, 4) is 5.75 Å². The summed E-state index contributed by atoms with van der Waals surface area (Å²) in [6, 6.07) is 5.15. The van der Waals surface area contributed by atoms with Crippen LogP contribution in [-0.4, -0.2) is 41.7 Å². The normalized spacial score (nSPS) is 14.0. The number of aliphatic hydroxyl groups is 2. The van der Waals surface area contributed by atoms with E-state index < -0.39 is 23.9 Å². The molecule has 0 fully saturated rings. The van der Waals surface area contributed by atoms with Crippen molar-refractivity contribution in [2.24, 2.45) is 0 Å². The van der Waals surface area contributed by atoms with Gasteiger partial charge in [0, 0.05) is 16.6 Å². The first-order valence-corrected chi connectivity index (χ1v) is 8.09. The van der Waals surface area contributed by atoms with Crippen LogP contribution >= 0.6 is 15.9 Å². The quantitative estimate of drug-likeness (QED) is 0.695. The Morgan fingerprint density at radius 3 is 2.57 bits per heavy atom. The van der Waals surface area contributed by atoms with Crippen molar-refractivity contribution in [1.82, 2.24) is 5.32 Å². The average molecular weight is 390 g/mol. The van der Waals surface area contributed by atoms with Crippen LogP contribution in [0.5, 0.6) is 5.75 Å². The van der Waals surface area contributed by atoms with E-state index in [2.05, 4.69) is 21.2 Å². The minimum Gasteiger partial charge on any atom is -0.496 e. The van der Waals surface area contributed by atoms with Gasteiger partial charge < -0.3 is 25.0 Å². The summed E-state index contributed by atoms with van der Waals surface area (Å²) < 4.78 is 11.1. The second-order valence-corrected chi connectivity index (χ2v) is 7.03. The predicted molar refractivity (Wildman–Crippen MR) is 90.5 cm³/mol. The first kappa shape index (κ1) is 19.7. The number of amides is 1. The number of aliphatic hydroxyl groups excluding tert-OH is 2. The van der Waals surface area contributed by atoms with E-state index >= 15 is 0 Å². The van der Waals surface area contributed by atoms with Crippen molar-refractivity contribution < 1.29 is 24.5 Å². The van der Waals surface area contributed by atoms with E-state index in [-0.39, 0.29) is 13.0 Å². The molecule has 0 aliphatic carbocycles. The zero-order valence-electron chi connectivity index (χ0n) is 13.8. The van der Waals surface area contributed by atoms with E-state index in [9.17, 15) is 15.0 Å². The lowest BCUT2D eigenvalue weighted by atomic mass is 10.0. The van der Waals surface area contributed by atoms with Crippen LogP contribution in [0.15, 0.2) is 22.7 Å². The molecule has 0 bridgehead atoms. The van der Waals surface area contributed by atoms with Crippen LogP contribution in [0.3, 0.4) is 0 Å². The number of hydrogen-bond donors (Lipinski definition) is 3. The molecule has 0 saturated carbocycles. The van der Waals surface area contributed by atoms with Crippen LogP contribution in [0.2, 0.25) is 0 Å². The molecule has 6 nitrogen and oxygen atoms in total. The summed E-state index contributed by atoms with van der Waals surface area (Å²) in [6.07, 6.45) is -2.53. The van der Waals surface area contributed by atoms with E-state index in [1.165, 1.54) is 7.11 Å². The topological polar surface area (TPSA) is 88.0 Å². The summed E-state index contributed by atoms with van der Waals surface area (Å²) >= 11 is 3.32. The summed E-state index contributed by atoms with van der Waals surface area (Å²) in [7, 11) is 1.49. The van der Waals surface area contributed by atoms with Crippen molar-refractivity contribution in [1.29, 1.82) is 0 Å². The molecule has 0 heterocycles. The molecule has 1 aromatic rings. The molecule has 0 radical (unpaired) electrons. The highest BCUT2D eigenvalue weighted by molar-refractivity contribution is 9.10. The maximum atomic E-state index is 11.5. The molecule has 1 aromatic carbocycles.